The molecule has 0 saturated carbocycles. The second-order valence-electron chi connectivity index (χ2n) is 4.75. The molecule has 0 radical (unpaired) electrons. The van der Waals surface area contributed by atoms with Crippen molar-refractivity contribution in [2.45, 2.75) is 12.8 Å². The van der Waals surface area contributed by atoms with E-state index in [1.165, 1.54) is 5.39 Å². The molecule has 3 aromatic rings. The Hall–Kier alpha value is -2.20. The summed E-state index contributed by atoms with van der Waals surface area (Å²) in [6.45, 7) is 0.950. The van der Waals surface area contributed by atoms with E-state index in [2.05, 4.69) is 33.7 Å². The molecule has 0 aliphatic heterocycles. The number of nitrogens with one attached hydrogen (secondary N) is 1. The Labute approximate surface area is 117 Å². The van der Waals surface area contributed by atoms with Crippen molar-refractivity contribution in [2.75, 3.05) is 13.6 Å². The Morgan fingerprint density at radius 2 is 1.95 bits per heavy atom. The SMILES string of the molecule is CNCCCc1nc(-c2cccc3ccccc23)no1. The fraction of sp³-hybridized carbons (Fsp3) is 0.250. The molecule has 20 heavy (non-hydrogen) atoms. The number of hydrogen-bond acceptors (Lipinski definition) is 4. The average molecular weight is 267 g/mol. The zero-order valence-electron chi connectivity index (χ0n) is 11.5. The van der Waals surface area contributed by atoms with E-state index in [0.29, 0.717) is 11.7 Å². The number of rotatable bonds is 5. The van der Waals surface area contributed by atoms with Crippen LogP contribution in [0.2, 0.25) is 0 Å². The zero-order chi connectivity index (χ0) is 13.8. The summed E-state index contributed by atoms with van der Waals surface area (Å²) in [5.74, 6) is 1.37. The monoisotopic (exact) mass is 267 g/mol. The van der Waals surface area contributed by atoms with Gasteiger partial charge in [0.1, 0.15) is 0 Å². The lowest BCUT2D eigenvalue weighted by Crippen LogP contribution is -2.08. The Balaban J connectivity index is 1.91. The van der Waals surface area contributed by atoms with Crippen LogP contribution in [0, 0.1) is 0 Å². The van der Waals surface area contributed by atoms with Gasteiger partial charge in [-0.3, -0.25) is 0 Å². The summed E-state index contributed by atoms with van der Waals surface area (Å²) in [7, 11) is 1.94. The first kappa shape index (κ1) is 12.8. The molecule has 0 aliphatic carbocycles. The largest absolute Gasteiger partial charge is 0.339 e. The minimum absolute atomic E-state index is 0.668. The van der Waals surface area contributed by atoms with Gasteiger partial charge in [-0.25, -0.2) is 0 Å². The van der Waals surface area contributed by atoms with E-state index in [-0.39, 0.29) is 0 Å². The van der Waals surface area contributed by atoms with E-state index in [1.807, 2.05) is 31.3 Å². The number of benzene rings is 2. The van der Waals surface area contributed by atoms with Gasteiger partial charge in [-0.15, -0.1) is 0 Å². The summed E-state index contributed by atoms with van der Waals surface area (Å²) >= 11 is 0. The van der Waals surface area contributed by atoms with Gasteiger partial charge in [0.05, 0.1) is 0 Å². The quantitative estimate of drug-likeness (QED) is 0.722. The second kappa shape index (κ2) is 5.84. The zero-order valence-corrected chi connectivity index (χ0v) is 11.5. The van der Waals surface area contributed by atoms with E-state index in [1.54, 1.807) is 0 Å². The van der Waals surface area contributed by atoms with Gasteiger partial charge in [0.2, 0.25) is 11.7 Å². The second-order valence-corrected chi connectivity index (χ2v) is 4.75. The molecule has 4 nitrogen and oxygen atoms in total. The Kier molecular flexibility index (Phi) is 3.74. The molecule has 0 spiro atoms. The van der Waals surface area contributed by atoms with Crippen molar-refractivity contribution in [3.63, 3.8) is 0 Å². The molecule has 0 amide bonds. The average Bonchev–Trinajstić information content (AvgIpc) is 2.96. The highest BCUT2D eigenvalue weighted by Crippen LogP contribution is 2.26. The van der Waals surface area contributed by atoms with Crippen LogP contribution in [0.4, 0.5) is 0 Å². The fourth-order valence-corrected chi connectivity index (χ4v) is 2.30. The van der Waals surface area contributed by atoms with Crippen LogP contribution in [0.3, 0.4) is 0 Å². The number of fused-ring (bicyclic) bond motifs is 1. The molecule has 1 aromatic heterocycles. The minimum Gasteiger partial charge on any atom is -0.339 e. The Bertz CT molecular complexity index is 700. The van der Waals surface area contributed by atoms with Gasteiger partial charge in [-0.05, 0) is 30.8 Å². The van der Waals surface area contributed by atoms with E-state index < -0.39 is 0 Å². The predicted octanol–water partition coefficient (Wildman–Crippen LogP) is 3.04. The third-order valence-corrected chi connectivity index (χ3v) is 3.32. The first-order chi connectivity index (χ1) is 9.88. The smallest absolute Gasteiger partial charge is 0.227 e. The van der Waals surface area contributed by atoms with Crippen molar-refractivity contribution in [2.24, 2.45) is 0 Å². The van der Waals surface area contributed by atoms with Crippen molar-refractivity contribution >= 4 is 10.8 Å². The van der Waals surface area contributed by atoms with Gasteiger partial charge in [-0.1, -0.05) is 47.6 Å². The third-order valence-electron chi connectivity index (χ3n) is 3.32. The standard InChI is InChI=1S/C16H17N3O/c1-17-11-5-10-15-18-16(19-20-15)14-9-4-7-12-6-2-3-8-13(12)14/h2-4,6-9,17H,5,10-11H2,1H3. The number of aryl methyl sites for hydroxylation is 1. The van der Waals surface area contributed by atoms with Crippen LogP contribution in [0.15, 0.2) is 47.0 Å². The Morgan fingerprint density at radius 3 is 2.85 bits per heavy atom. The van der Waals surface area contributed by atoms with E-state index >= 15 is 0 Å². The summed E-state index contributed by atoms with van der Waals surface area (Å²) in [5.41, 5.74) is 1.02. The molecule has 1 heterocycles. The Morgan fingerprint density at radius 1 is 1.10 bits per heavy atom. The van der Waals surface area contributed by atoms with Crippen molar-refractivity contribution in [1.29, 1.82) is 0 Å². The molecule has 3 rings (SSSR count). The molecular weight excluding hydrogens is 250 g/mol. The van der Waals surface area contributed by atoms with Crippen molar-refractivity contribution in [3.8, 4) is 11.4 Å². The molecule has 102 valence electrons. The summed E-state index contributed by atoms with van der Waals surface area (Å²) in [4.78, 5) is 4.50. The van der Waals surface area contributed by atoms with Gasteiger partial charge in [0.15, 0.2) is 0 Å². The van der Waals surface area contributed by atoms with Gasteiger partial charge < -0.3 is 9.84 Å². The molecule has 0 aliphatic rings. The molecule has 0 unspecified atom stereocenters. The van der Waals surface area contributed by atoms with Crippen LogP contribution >= 0.6 is 0 Å². The van der Waals surface area contributed by atoms with E-state index in [9.17, 15) is 0 Å². The maximum absolute atomic E-state index is 5.33. The van der Waals surface area contributed by atoms with Gasteiger partial charge >= 0.3 is 0 Å². The van der Waals surface area contributed by atoms with Gasteiger partial charge in [0.25, 0.3) is 0 Å². The molecule has 4 heteroatoms. The highest BCUT2D eigenvalue weighted by molar-refractivity contribution is 5.94. The predicted molar refractivity (Wildman–Crippen MR) is 79.5 cm³/mol. The summed E-state index contributed by atoms with van der Waals surface area (Å²) in [5, 5.41) is 9.56. The van der Waals surface area contributed by atoms with Crippen LogP contribution in [-0.4, -0.2) is 23.7 Å². The van der Waals surface area contributed by atoms with Crippen LogP contribution in [0.1, 0.15) is 12.3 Å². The van der Waals surface area contributed by atoms with Crippen LogP contribution < -0.4 is 5.32 Å². The lowest BCUT2D eigenvalue weighted by Gasteiger charge is -2.01. The van der Waals surface area contributed by atoms with E-state index in [4.69, 9.17) is 4.52 Å². The normalized spacial score (nSPS) is 11.1. The highest BCUT2D eigenvalue weighted by Gasteiger charge is 2.10. The number of nitrogens with zero attached hydrogens (tertiary/aromatic N) is 2. The summed E-state index contributed by atoms with van der Waals surface area (Å²) in [6.07, 6.45) is 1.80. The highest BCUT2D eigenvalue weighted by atomic mass is 16.5. The minimum atomic E-state index is 0.668. The fourth-order valence-electron chi connectivity index (χ4n) is 2.30. The van der Waals surface area contributed by atoms with Crippen molar-refractivity contribution < 1.29 is 4.52 Å². The van der Waals surface area contributed by atoms with Crippen molar-refractivity contribution in [1.82, 2.24) is 15.5 Å². The topological polar surface area (TPSA) is 51.0 Å². The van der Waals surface area contributed by atoms with Crippen LogP contribution in [0.5, 0.6) is 0 Å². The lowest BCUT2D eigenvalue weighted by molar-refractivity contribution is 0.375. The lowest BCUT2D eigenvalue weighted by atomic mass is 10.0. The maximum atomic E-state index is 5.33. The molecule has 2 aromatic carbocycles. The summed E-state index contributed by atoms with van der Waals surface area (Å²) in [6, 6.07) is 14.4. The van der Waals surface area contributed by atoms with Crippen LogP contribution in [-0.2, 0) is 6.42 Å². The summed E-state index contributed by atoms with van der Waals surface area (Å²) < 4.78 is 5.33. The molecular formula is C16H17N3O. The van der Waals surface area contributed by atoms with Gasteiger partial charge in [0, 0.05) is 12.0 Å². The number of aromatic nitrogens is 2. The van der Waals surface area contributed by atoms with Crippen molar-refractivity contribution in [3.05, 3.63) is 48.4 Å². The first-order valence-corrected chi connectivity index (χ1v) is 6.84. The molecule has 0 saturated heterocycles. The van der Waals surface area contributed by atoms with Crippen LogP contribution in [0.25, 0.3) is 22.2 Å². The molecule has 1 N–H and O–H groups in total. The number of hydrogen-bond donors (Lipinski definition) is 1. The first-order valence-electron chi connectivity index (χ1n) is 6.84. The maximum Gasteiger partial charge on any atom is 0.227 e. The van der Waals surface area contributed by atoms with Gasteiger partial charge in [-0.2, -0.15) is 4.98 Å². The molecule has 0 atom stereocenters. The molecule has 0 bridgehead atoms. The van der Waals surface area contributed by atoms with E-state index in [0.717, 1.165) is 30.3 Å². The third kappa shape index (κ3) is 2.56. The molecule has 0 fully saturated rings.